The second kappa shape index (κ2) is 8.42. The van der Waals surface area contributed by atoms with Gasteiger partial charge in [0.2, 0.25) is 5.96 Å². The minimum Gasteiger partial charge on any atom is -0.404 e. The van der Waals surface area contributed by atoms with E-state index in [-0.39, 0.29) is 17.1 Å². The van der Waals surface area contributed by atoms with E-state index in [1.54, 1.807) is 7.05 Å². The Balaban J connectivity index is 1.95. The van der Waals surface area contributed by atoms with Crippen molar-refractivity contribution in [3.63, 3.8) is 0 Å². The molecular formula is C16H13ClF3N7O3. The SMILES string of the molecule is CN1NNN=C1NC(=O)c1ccc(OC(F)(F)F)c(NC(=O)c2cccnc2)c1Cl. The second-order valence-corrected chi connectivity index (χ2v) is 6.09. The Morgan fingerprint density at radius 3 is 2.57 bits per heavy atom. The molecule has 1 aromatic heterocycles. The van der Waals surface area contributed by atoms with Gasteiger partial charge in [-0.1, -0.05) is 11.6 Å². The van der Waals surface area contributed by atoms with Crippen molar-refractivity contribution < 1.29 is 27.5 Å². The lowest BCUT2D eigenvalue weighted by Crippen LogP contribution is -2.45. The summed E-state index contributed by atoms with van der Waals surface area (Å²) in [6, 6.07) is 4.75. The minimum absolute atomic E-state index is 0.0560. The van der Waals surface area contributed by atoms with Crippen LogP contribution < -0.4 is 26.4 Å². The number of hydrogen-bond acceptors (Lipinski definition) is 8. The predicted octanol–water partition coefficient (Wildman–Crippen LogP) is 1.84. The maximum Gasteiger partial charge on any atom is 0.573 e. The predicted molar refractivity (Wildman–Crippen MR) is 99.3 cm³/mol. The van der Waals surface area contributed by atoms with Crippen molar-refractivity contribution in [2.45, 2.75) is 6.36 Å². The third kappa shape index (κ3) is 4.87. The first-order chi connectivity index (χ1) is 14.2. The molecule has 0 bridgehead atoms. The Bertz CT molecular complexity index is 1000. The van der Waals surface area contributed by atoms with Gasteiger partial charge in [0.05, 0.1) is 16.1 Å². The number of carbonyl (C=O) groups is 2. The highest BCUT2D eigenvalue weighted by molar-refractivity contribution is 6.37. The molecule has 0 atom stereocenters. The molecule has 0 aliphatic carbocycles. The number of anilines is 1. The Hall–Kier alpha value is -3.58. The Labute approximate surface area is 172 Å². The molecule has 0 radical (unpaired) electrons. The van der Waals surface area contributed by atoms with Crippen molar-refractivity contribution in [2.75, 3.05) is 12.4 Å². The van der Waals surface area contributed by atoms with E-state index in [4.69, 9.17) is 11.6 Å². The molecule has 1 aliphatic rings. The lowest BCUT2D eigenvalue weighted by molar-refractivity contribution is -0.274. The highest BCUT2D eigenvalue weighted by Crippen LogP contribution is 2.38. The Kier molecular flexibility index (Phi) is 5.94. The zero-order valence-electron chi connectivity index (χ0n) is 15.0. The van der Waals surface area contributed by atoms with E-state index < -0.39 is 34.6 Å². The number of pyridine rings is 1. The van der Waals surface area contributed by atoms with Crippen LogP contribution in [-0.2, 0) is 0 Å². The number of carbonyl (C=O) groups excluding carboxylic acids is 2. The van der Waals surface area contributed by atoms with E-state index in [0.29, 0.717) is 0 Å². The molecular weight excluding hydrogens is 431 g/mol. The summed E-state index contributed by atoms with van der Waals surface area (Å²) in [7, 11) is 1.54. The van der Waals surface area contributed by atoms with Crippen LogP contribution in [0.4, 0.5) is 18.9 Å². The smallest absolute Gasteiger partial charge is 0.404 e. The van der Waals surface area contributed by atoms with Gasteiger partial charge in [0, 0.05) is 19.4 Å². The number of benzene rings is 1. The number of guanidine groups is 1. The Morgan fingerprint density at radius 2 is 1.97 bits per heavy atom. The van der Waals surface area contributed by atoms with E-state index >= 15 is 0 Å². The molecule has 158 valence electrons. The summed E-state index contributed by atoms with van der Waals surface area (Å²) in [5.41, 5.74) is 4.24. The number of nitrogens with one attached hydrogen (secondary N) is 4. The molecule has 0 saturated heterocycles. The van der Waals surface area contributed by atoms with E-state index in [2.05, 4.69) is 36.5 Å². The lowest BCUT2D eigenvalue weighted by Gasteiger charge is -2.18. The number of halogens is 4. The lowest BCUT2D eigenvalue weighted by atomic mass is 10.1. The molecule has 2 heterocycles. The van der Waals surface area contributed by atoms with Gasteiger partial charge in [-0.25, -0.2) is 5.53 Å². The van der Waals surface area contributed by atoms with E-state index in [0.717, 1.165) is 12.1 Å². The van der Waals surface area contributed by atoms with Gasteiger partial charge in [-0.2, -0.15) is 0 Å². The Morgan fingerprint density at radius 1 is 1.20 bits per heavy atom. The van der Waals surface area contributed by atoms with Crippen LogP contribution in [-0.4, -0.2) is 41.2 Å². The average molecular weight is 444 g/mol. The number of ether oxygens (including phenoxy) is 1. The number of hydrogen-bond donors (Lipinski definition) is 4. The van der Waals surface area contributed by atoms with E-state index in [9.17, 15) is 22.8 Å². The molecule has 0 unspecified atom stereocenters. The quantitative estimate of drug-likeness (QED) is 0.569. The van der Waals surface area contributed by atoms with E-state index in [1.165, 1.54) is 29.5 Å². The van der Waals surface area contributed by atoms with Crippen LogP contribution in [0.3, 0.4) is 0 Å². The minimum atomic E-state index is -5.06. The van der Waals surface area contributed by atoms with Crippen molar-refractivity contribution in [3.8, 4) is 5.75 Å². The maximum absolute atomic E-state index is 12.8. The first kappa shape index (κ1) is 21.1. The van der Waals surface area contributed by atoms with Crippen molar-refractivity contribution in [1.82, 2.24) is 26.4 Å². The van der Waals surface area contributed by atoms with Crippen LogP contribution >= 0.6 is 11.6 Å². The largest absolute Gasteiger partial charge is 0.573 e. The third-order valence-corrected chi connectivity index (χ3v) is 4.05. The molecule has 4 N–H and O–H groups in total. The van der Waals surface area contributed by atoms with Gasteiger partial charge in [-0.15, -0.1) is 23.8 Å². The number of alkyl halides is 3. The first-order valence-corrected chi connectivity index (χ1v) is 8.46. The molecule has 0 saturated carbocycles. The van der Waals surface area contributed by atoms with Gasteiger partial charge >= 0.3 is 6.36 Å². The number of nitrogens with zero attached hydrogens (tertiary/aromatic N) is 3. The van der Waals surface area contributed by atoms with Crippen molar-refractivity contribution in [2.24, 2.45) is 5.10 Å². The summed E-state index contributed by atoms with van der Waals surface area (Å²) in [6.45, 7) is 0. The second-order valence-electron chi connectivity index (χ2n) is 5.72. The molecule has 2 aromatic rings. The van der Waals surface area contributed by atoms with E-state index in [1.807, 2.05) is 0 Å². The molecule has 0 spiro atoms. The molecule has 1 aromatic carbocycles. The van der Waals surface area contributed by atoms with Gasteiger partial charge in [0.25, 0.3) is 11.8 Å². The van der Waals surface area contributed by atoms with Crippen molar-refractivity contribution in [3.05, 3.63) is 52.8 Å². The molecule has 14 heteroatoms. The van der Waals surface area contributed by atoms with Gasteiger partial charge in [0.15, 0.2) is 5.75 Å². The monoisotopic (exact) mass is 443 g/mol. The third-order valence-electron chi connectivity index (χ3n) is 3.66. The molecule has 10 nitrogen and oxygen atoms in total. The van der Waals surface area contributed by atoms with Crippen LogP contribution in [0.5, 0.6) is 5.75 Å². The summed E-state index contributed by atoms with van der Waals surface area (Å²) in [6.07, 6.45) is -2.43. The maximum atomic E-state index is 12.8. The van der Waals surface area contributed by atoms with Crippen LogP contribution in [0.25, 0.3) is 0 Å². The first-order valence-electron chi connectivity index (χ1n) is 8.09. The molecule has 30 heavy (non-hydrogen) atoms. The molecule has 3 rings (SSSR count). The fraction of sp³-hybridized carbons (Fsp3) is 0.125. The number of aromatic nitrogens is 1. The van der Waals surface area contributed by atoms with Crippen molar-refractivity contribution in [1.29, 1.82) is 0 Å². The van der Waals surface area contributed by atoms with Gasteiger partial charge in [-0.3, -0.25) is 24.9 Å². The van der Waals surface area contributed by atoms with Crippen LogP contribution in [0.1, 0.15) is 20.7 Å². The normalized spacial score (nSPS) is 13.4. The topological polar surface area (TPSA) is 120 Å². The number of rotatable bonds is 4. The zero-order valence-corrected chi connectivity index (χ0v) is 15.8. The number of hydrazone groups is 1. The van der Waals surface area contributed by atoms with Gasteiger partial charge in [-0.05, 0) is 24.3 Å². The fourth-order valence-corrected chi connectivity index (χ4v) is 2.59. The molecule has 0 fully saturated rings. The van der Waals surface area contributed by atoms with Crippen LogP contribution in [0, 0.1) is 0 Å². The molecule has 1 aliphatic heterocycles. The van der Waals surface area contributed by atoms with Gasteiger partial charge < -0.3 is 10.1 Å². The summed E-state index contributed by atoms with van der Waals surface area (Å²) in [4.78, 5) is 28.7. The average Bonchev–Trinajstić information content (AvgIpc) is 3.08. The highest BCUT2D eigenvalue weighted by atomic mass is 35.5. The van der Waals surface area contributed by atoms with Crippen LogP contribution in [0.15, 0.2) is 41.8 Å². The van der Waals surface area contributed by atoms with Crippen molar-refractivity contribution >= 4 is 35.1 Å². The standard InChI is InChI=1S/C16H13ClF3N7O3/c1-27-15(24-25-26-27)23-14(29)9-4-5-10(30-16(18,19)20)12(11(9)17)22-13(28)8-3-2-6-21-7-8/h2-7,25-26H,1H3,(H,22,28)(H,23,24,29). The zero-order chi connectivity index (χ0) is 21.9. The summed E-state index contributed by atoms with van der Waals surface area (Å²) in [5, 5.41) is 9.25. The van der Waals surface area contributed by atoms with Gasteiger partial charge in [0.1, 0.15) is 5.69 Å². The summed E-state index contributed by atoms with van der Waals surface area (Å²) in [5.74, 6) is -2.30. The number of amides is 2. The number of hydrazine groups is 2. The molecule has 2 amide bonds. The fourth-order valence-electron chi connectivity index (χ4n) is 2.30. The summed E-state index contributed by atoms with van der Waals surface area (Å²) >= 11 is 6.17. The van der Waals surface area contributed by atoms with Crippen LogP contribution in [0.2, 0.25) is 5.02 Å². The highest BCUT2D eigenvalue weighted by Gasteiger charge is 2.34. The summed E-state index contributed by atoms with van der Waals surface area (Å²) < 4.78 is 42.3.